The zero-order chi connectivity index (χ0) is 12.2. The molecule has 1 fully saturated rings. The van der Waals surface area contributed by atoms with E-state index in [4.69, 9.17) is 5.73 Å². The molecular formula is C11H21F3N2. The van der Waals surface area contributed by atoms with Gasteiger partial charge in [-0.25, -0.2) is 0 Å². The largest absolute Gasteiger partial charge is 0.391 e. The summed E-state index contributed by atoms with van der Waals surface area (Å²) in [6, 6.07) is 0. The van der Waals surface area contributed by atoms with Gasteiger partial charge in [0.05, 0.1) is 5.92 Å². The first-order valence-electron chi connectivity index (χ1n) is 5.88. The van der Waals surface area contributed by atoms with Crippen LogP contribution in [0.2, 0.25) is 0 Å². The molecule has 0 aromatic carbocycles. The Hall–Kier alpha value is -0.290. The summed E-state index contributed by atoms with van der Waals surface area (Å²) in [7, 11) is 1.97. The van der Waals surface area contributed by atoms with Crippen LogP contribution in [0.5, 0.6) is 0 Å². The van der Waals surface area contributed by atoms with Gasteiger partial charge in [-0.15, -0.1) is 0 Å². The lowest BCUT2D eigenvalue weighted by Crippen LogP contribution is -2.34. The third-order valence-electron chi connectivity index (χ3n) is 3.39. The second-order valence-electron chi connectivity index (χ2n) is 4.81. The quantitative estimate of drug-likeness (QED) is 0.814. The van der Waals surface area contributed by atoms with E-state index in [-0.39, 0.29) is 0 Å². The van der Waals surface area contributed by atoms with Gasteiger partial charge in [-0.3, -0.25) is 0 Å². The highest BCUT2D eigenvalue weighted by atomic mass is 19.4. The topological polar surface area (TPSA) is 29.3 Å². The molecule has 0 aliphatic heterocycles. The van der Waals surface area contributed by atoms with E-state index in [1.54, 1.807) is 0 Å². The van der Waals surface area contributed by atoms with E-state index in [9.17, 15) is 13.2 Å². The van der Waals surface area contributed by atoms with Crippen molar-refractivity contribution in [2.24, 2.45) is 17.6 Å². The van der Waals surface area contributed by atoms with Crippen LogP contribution >= 0.6 is 0 Å². The maximum Gasteiger partial charge on any atom is 0.391 e. The molecule has 5 heteroatoms. The first kappa shape index (κ1) is 13.8. The lowest BCUT2D eigenvalue weighted by molar-refractivity contribution is -0.184. The predicted molar refractivity (Wildman–Crippen MR) is 58.1 cm³/mol. The average Bonchev–Trinajstić information content (AvgIpc) is 2.17. The molecule has 0 atom stereocenters. The molecule has 1 aliphatic rings. The summed E-state index contributed by atoms with van der Waals surface area (Å²) >= 11 is 0. The molecule has 0 amide bonds. The van der Waals surface area contributed by atoms with E-state index in [0.29, 0.717) is 38.1 Å². The van der Waals surface area contributed by atoms with Crippen molar-refractivity contribution in [3.63, 3.8) is 0 Å². The van der Waals surface area contributed by atoms with Crippen LogP contribution in [0.4, 0.5) is 13.2 Å². The van der Waals surface area contributed by atoms with Crippen molar-refractivity contribution in [2.75, 3.05) is 26.7 Å². The van der Waals surface area contributed by atoms with Crippen molar-refractivity contribution in [3.8, 4) is 0 Å². The summed E-state index contributed by atoms with van der Waals surface area (Å²) in [5.41, 5.74) is 5.42. The number of likely N-dealkylation sites (N-methyl/N-ethyl adjacent to an activating group) is 1. The summed E-state index contributed by atoms with van der Waals surface area (Å²) in [6.45, 7) is 2.30. The van der Waals surface area contributed by atoms with Crippen LogP contribution in [0, 0.1) is 11.8 Å². The van der Waals surface area contributed by atoms with E-state index in [1.165, 1.54) is 0 Å². The molecule has 1 rings (SSSR count). The number of rotatable bonds is 4. The van der Waals surface area contributed by atoms with Gasteiger partial charge in [0.2, 0.25) is 0 Å². The van der Waals surface area contributed by atoms with Crippen molar-refractivity contribution in [1.82, 2.24) is 4.90 Å². The maximum atomic E-state index is 12.4. The molecule has 0 heterocycles. The number of halogens is 3. The molecule has 2 nitrogen and oxygen atoms in total. The van der Waals surface area contributed by atoms with Crippen molar-refractivity contribution in [2.45, 2.75) is 31.9 Å². The third-order valence-corrected chi connectivity index (χ3v) is 3.39. The minimum absolute atomic E-state index is 0.296. The Kier molecular flexibility index (Phi) is 5.05. The highest BCUT2D eigenvalue weighted by Crippen LogP contribution is 2.39. The highest BCUT2D eigenvalue weighted by Gasteiger charge is 2.41. The minimum Gasteiger partial charge on any atom is -0.329 e. The van der Waals surface area contributed by atoms with Gasteiger partial charge < -0.3 is 10.6 Å². The Morgan fingerprint density at radius 2 is 1.75 bits per heavy atom. The minimum atomic E-state index is -3.99. The molecule has 0 saturated heterocycles. The molecule has 0 spiro atoms. The van der Waals surface area contributed by atoms with Crippen molar-refractivity contribution < 1.29 is 13.2 Å². The SMILES string of the molecule is CN(CCN)CC1CCC(C(F)(F)F)CC1. The normalized spacial score (nSPS) is 27.4. The van der Waals surface area contributed by atoms with Crippen LogP contribution < -0.4 is 5.73 Å². The lowest BCUT2D eigenvalue weighted by atomic mass is 9.81. The zero-order valence-corrected chi connectivity index (χ0v) is 9.76. The Balaban J connectivity index is 2.27. The van der Waals surface area contributed by atoms with Crippen LogP contribution in [-0.2, 0) is 0 Å². The van der Waals surface area contributed by atoms with E-state index in [1.807, 2.05) is 7.05 Å². The van der Waals surface area contributed by atoms with E-state index in [0.717, 1.165) is 13.1 Å². The fourth-order valence-electron chi connectivity index (χ4n) is 2.42. The fourth-order valence-corrected chi connectivity index (χ4v) is 2.42. The van der Waals surface area contributed by atoms with Crippen molar-refractivity contribution >= 4 is 0 Å². The van der Waals surface area contributed by atoms with E-state index in [2.05, 4.69) is 4.90 Å². The zero-order valence-electron chi connectivity index (χ0n) is 9.76. The third kappa shape index (κ3) is 4.29. The van der Waals surface area contributed by atoms with Crippen LogP contribution in [0.25, 0.3) is 0 Å². The molecule has 16 heavy (non-hydrogen) atoms. The van der Waals surface area contributed by atoms with Crippen LogP contribution in [0.3, 0.4) is 0 Å². The Bertz CT molecular complexity index is 198. The predicted octanol–water partition coefficient (Wildman–Crippen LogP) is 2.25. The summed E-state index contributed by atoms with van der Waals surface area (Å²) < 4.78 is 37.3. The second-order valence-corrected chi connectivity index (χ2v) is 4.81. The lowest BCUT2D eigenvalue weighted by Gasteiger charge is -2.32. The van der Waals surface area contributed by atoms with E-state index >= 15 is 0 Å². The molecule has 0 aromatic heterocycles. The molecule has 0 bridgehead atoms. The molecule has 0 aromatic rings. The van der Waals surface area contributed by atoms with Gasteiger partial charge in [-0.2, -0.15) is 13.2 Å². The molecule has 2 N–H and O–H groups in total. The summed E-state index contributed by atoms with van der Waals surface area (Å²) in [5.74, 6) is -0.654. The molecule has 1 aliphatic carbocycles. The number of alkyl halides is 3. The van der Waals surface area contributed by atoms with Gasteiger partial charge >= 0.3 is 6.18 Å². The Labute approximate surface area is 95.0 Å². The number of hydrogen-bond donors (Lipinski definition) is 1. The smallest absolute Gasteiger partial charge is 0.329 e. The molecule has 0 unspecified atom stereocenters. The molecule has 96 valence electrons. The van der Waals surface area contributed by atoms with Crippen LogP contribution in [0.15, 0.2) is 0 Å². The van der Waals surface area contributed by atoms with Crippen LogP contribution in [-0.4, -0.2) is 37.8 Å². The first-order chi connectivity index (χ1) is 7.43. The van der Waals surface area contributed by atoms with Gasteiger partial charge in [0.25, 0.3) is 0 Å². The highest BCUT2D eigenvalue weighted by molar-refractivity contribution is 4.78. The van der Waals surface area contributed by atoms with Gasteiger partial charge in [0.1, 0.15) is 0 Å². The number of hydrogen-bond acceptors (Lipinski definition) is 2. The summed E-state index contributed by atoms with van der Waals surface area (Å²) in [5, 5.41) is 0. The monoisotopic (exact) mass is 238 g/mol. The second kappa shape index (κ2) is 5.87. The molecule has 1 saturated carbocycles. The Morgan fingerprint density at radius 3 is 2.19 bits per heavy atom. The van der Waals surface area contributed by atoms with Gasteiger partial charge in [-0.1, -0.05) is 0 Å². The van der Waals surface area contributed by atoms with Gasteiger partial charge in [0.15, 0.2) is 0 Å². The van der Waals surface area contributed by atoms with Crippen LogP contribution in [0.1, 0.15) is 25.7 Å². The van der Waals surface area contributed by atoms with E-state index < -0.39 is 12.1 Å². The first-order valence-corrected chi connectivity index (χ1v) is 5.88. The van der Waals surface area contributed by atoms with Gasteiger partial charge in [-0.05, 0) is 38.6 Å². The Morgan fingerprint density at radius 1 is 1.19 bits per heavy atom. The summed E-state index contributed by atoms with van der Waals surface area (Å²) in [4.78, 5) is 2.11. The summed E-state index contributed by atoms with van der Waals surface area (Å²) in [6.07, 6.45) is -2.01. The van der Waals surface area contributed by atoms with Crippen molar-refractivity contribution in [1.29, 1.82) is 0 Å². The molecular weight excluding hydrogens is 217 g/mol. The molecule has 0 radical (unpaired) electrons. The fraction of sp³-hybridized carbons (Fsp3) is 1.00. The number of nitrogens with two attached hydrogens (primary N) is 1. The number of nitrogens with zero attached hydrogens (tertiary/aromatic N) is 1. The average molecular weight is 238 g/mol. The standard InChI is InChI=1S/C11H21F3N2/c1-16(7-6-15)8-9-2-4-10(5-3-9)11(12,13)14/h9-10H,2-8,15H2,1H3. The van der Waals surface area contributed by atoms with Crippen molar-refractivity contribution in [3.05, 3.63) is 0 Å². The maximum absolute atomic E-state index is 12.4. The van der Waals surface area contributed by atoms with Gasteiger partial charge in [0, 0.05) is 19.6 Å².